The number of fused-ring (bicyclic) bond motifs is 9. The highest BCUT2D eigenvalue weighted by atomic mass is 16.3. The van der Waals surface area contributed by atoms with Crippen LogP contribution in [0.1, 0.15) is 5.56 Å². The summed E-state index contributed by atoms with van der Waals surface area (Å²) in [7, 11) is 1.76. The van der Waals surface area contributed by atoms with E-state index < -0.39 is 0 Å². The van der Waals surface area contributed by atoms with Crippen LogP contribution in [0.2, 0.25) is 0 Å². The van der Waals surface area contributed by atoms with E-state index >= 15 is 0 Å². The molecule has 0 unspecified atom stereocenters. The third kappa shape index (κ3) is 3.89. The molecule has 10 aromatic rings. The van der Waals surface area contributed by atoms with E-state index in [2.05, 4.69) is 172 Å². The second-order valence-electron chi connectivity index (χ2n) is 12.3. The lowest BCUT2D eigenvalue weighted by molar-refractivity contribution is 0.669. The minimum Gasteiger partial charge on any atom is -0.456 e. The van der Waals surface area contributed by atoms with Gasteiger partial charge < -0.3 is 13.6 Å². The van der Waals surface area contributed by atoms with Gasteiger partial charge in [-0.2, -0.15) is 0 Å². The molecular formula is C44H28N3O+. The Balaban J connectivity index is 1.14. The zero-order valence-electron chi connectivity index (χ0n) is 26.2. The summed E-state index contributed by atoms with van der Waals surface area (Å²) in [4.78, 5) is 4.12. The number of hydrogen-bond acceptors (Lipinski definition) is 1. The highest BCUT2D eigenvalue weighted by Gasteiger charge is 2.17. The van der Waals surface area contributed by atoms with E-state index in [9.17, 15) is 0 Å². The van der Waals surface area contributed by atoms with Crippen LogP contribution in [-0.4, -0.2) is 16.2 Å². The molecule has 224 valence electrons. The average Bonchev–Trinajstić information content (AvgIpc) is 3.79. The third-order valence-electron chi connectivity index (χ3n) is 9.64. The van der Waals surface area contributed by atoms with Gasteiger partial charge in [0.2, 0.25) is 0 Å². The molecule has 4 heteroatoms. The lowest BCUT2D eigenvalue weighted by Gasteiger charge is -2.10. The zero-order valence-corrected chi connectivity index (χ0v) is 26.2. The summed E-state index contributed by atoms with van der Waals surface area (Å²) < 4.78 is 11.1. The topological polar surface area (TPSA) is 27.4 Å². The van der Waals surface area contributed by atoms with Gasteiger partial charge in [0.05, 0.1) is 22.1 Å². The summed E-state index contributed by atoms with van der Waals surface area (Å²) in [5.41, 5.74) is 12.0. The summed E-state index contributed by atoms with van der Waals surface area (Å²) in [6, 6.07) is 57.3. The van der Waals surface area contributed by atoms with Crippen molar-refractivity contribution in [1.29, 1.82) is 0 Å². The Morgan fingerprint density at radius 2 is 1.00 bits per heavy atom. The summed E-state index contributed by atoms with van der Waals surface area (Å²) >= 11 is 0. The van der Waals surface area contributed by atoms with Gasteiger partial charge in [-0.05, 0) is 90.0 Å². The first-order valence-corrected chi connectivity index (χ1v) is 16.2. The lowest BCUT2D eigenvalue weighted by atomic mass is 10.0. The highest BCUT2D eigenvalue weighted by Crippen LogP contribution is 2.38. The van der Waals surface area contributed by atoms with Crippen molar-refractivity contribution in [3.8, 4) is 28.6 Å². The first-order chi connectivity index (χ1) is 23.7. The molecule has 0 N–H and O–H groups in total. The molecule has 7 aromatic carbocycles. The van der Waals surface area contributed by atoms with Crippen molar-refractivity contribution in [3.63, 3.8) is 0 Å². The van der Waals surface area contributed by atoms with Crippen LogP contribution in [0.15, 0.2) is 156 Å². The maximum Gasteiger partial charge on any atom is 0.310 e. The Kier molecular flexibility index (Phi) is 5.67. The van der Waals surface area contributed by atoms with Gasteiger partial charge in [0.1, 0.15) is 16.7 Å². The van der Waals surface area contributed by atoms with Crippen LogP contribution < -0.4 is 0 Å². The zero-order chi connectivity index (χ0) is 31.8. The van der Waals surface area contributed by atoms with Crippen molar-refractivity contribution < 1.29 is 4.42 Å². The van der Waals surface area contributed by atoms with Crippen LogP contribution in [0.5, 0.6) is 0 Å². The molecule has 0 amide bonds. The fraction of sp³-hybridized carbons (Fsp3) is 0.0227. The molecule has 0 atom stereocenters. The number of nitrogens with zero attached hydrogens (tertiary/aromatic N) is 3. The van der Waals surface area contributed by atoms with Crippen molar-refractivity contribution in [2.75, 3.05) is 7.05 Å². The van der Waals surface area contributed by atoms with Crippen LogP contribution >= 0.6 is 0 Å². The first kappa shape index (κ1) is 26.6. The largest absolute Gasteiger partial charge is 0.456 e. The van der Waals surface area contributed by atoms with Crippen molar-refractivity contribution in [1.82, 2.24) is 9.13 Å². The molecule has 3 aromatic heterocycles. The highest BCUT2D eigenvalue weighted by molar-refractivity contribution is 6.12. The fourth-order valence-corrected chi connectivity index (χ4v) is 7.56. The van der Waals surface area contributed by atoms with Crippen LogP contribution in [0, 0.1) is 6.07 Å². The van der Waals surface area contributed by atoms with Crippen LogP contribution in [-0.2, 0) is 0 Å². The number of benzene rings is 7. The van der Waals surface area contributed by atoms with E-state index in [1.807, 2.05) is 0 Å². The van der Waals surface area contributed by atoms with Crippen LogP contribution in [0.4, 0.5) is 0 Å². The Bertz CT molecular complexity index is 2930. The number of aromatic nitrogens is 2. The maximum atomic E-state index is 6.38. The maximum absolute atomic E-state index is 6.38. The second-order valence-corrected chi connectivity index (χ2v) is 12.3. The van der Waals surface area contributed by atoms with Gasteiger partial charge in [-0.25, -0.2) is 0 Å². The van der Waals surface area contributed by atoms with E-state index in [1.165, 1.54) is 32.6 Å². The van der Waals surface area contributed by atoms with Crippen molar-refractivity contribution in [3.05, 3.63) is 162 Å². The van der Waals surface area contributed by atoms with Crippen molar-refractivity contribution in [2.45, 2.75) is 0 Å². The van der Waals surface area contributed by atoms with Gasteiger partial charge in [0.25, 0.3) is 7.05 Å². The number of para-hydroxylation sites is 3. The first-order valence-electron chi connectivity index (χ1n) is 16.2. The molecule has 0 bridgehead atoms. The Hall–Kier alpha value is -6.57. The molecular weight excluding hydrogens is 587 g/mol. The number of rotatable bonds is 3. The van der Waals surface area contributed by atoms with E-state index in [-0.39, 0.29) is 0 Å². The van der Waals surface area contributed by atoms with E-state index in [0.29, 0.717) is 0 Å². The molecule has 0 saturated heterocycles. The molecule has 10 rings (SSSR count). The number of furan rings is 1. The summed E-state index contributed by atoms with van der Waals surface area (Å²) in [6.07, 6.45) is 0. The molecule has 0 radical (unpaired) electrons. The standard InChI is InChI=1S/C44H28N3O/c1-45-27-28-17-20-42-36(23-28)35-13-4-7-16-41(35)47(42)32-19-22-44-38(26-32)37-25-30(18-21-43(37)48-44)29-9-8-10-31(24-29)46-39-14-5-2-11-33(39)34-12-3-6-15-40(34)46/h2-26H,1H3/q+1. The van der Waals surface area contributed by atoms with Gasteiger partial charge in [0.15, 0.2) is 0 Å². The lowest BCUT2D eigenvalue weighted by Crippen LogP contribution is -1.94. The normalized spacial score (nSPS) is 11.7. The minimum atomic E-state index is 0.877. The predicted molar refractivity (Wildman–Crippen MR) is 200 cm³/mol. The Morgan fingerprint density at radius 1 is 0.438 bits per heavy atom. The molecule has 0 fully saturated rings. The minimum absolute atomic E-state index is 0.877. The molecule has 4 nitrogen and oxygen atoms in total. The van der Waals surface area contributed by atoms with Crippen molar-refractivity contribution in [2.24, 2.45) is 0 Å². The Morgan fingerprint density at radius 3 is 1.69 bits per heavy atom. The molecule has 0 spiro atoms. The van der Waals surface area contributed by atoms with Crippen LogP contribution in [0.3, 0.4) is 0 Å². The summed E-state index contributed by atoms with van der Waals surface area (Å²) in [5, 5.41) is 7.10. The third-order valence-corrected chi connectivity index (χ3v) is 9.64. The second kappa shape index (κ2) is 10.2. The molecule has 0 saturated carbocycles. The average molecular weight is 615 g/mol. The molecule has 0 aliphatic carbocycles. The van der Waals surface area contributed by atoms with Crippen molar-refractivity contribution >= 4 is 65.6 Å². The van der Waals surface area contributed by atoms with Gasteiger partial charge in [-0.3, -0.25) is 0 Å². The summed E-state index contributed by atoms with van der Waals surface area (Å²) in [6.45, 7) is 0. The summed E-state index contributed by atoms with van der Waals surface area (Å²) in [5.74, 6) is 0. The quantitative estimate of drug-likeness (QED) is 0.195. The SMILES string of the molecule is C[N+]#Cc1ccc2c(c1)c1ccccc1n2-c1ccc2oc3ccc(-c4cccc(-n5c6ccccc6c6ccccc65)c4)cc3c2c1. The molecule has 0 aliphatic rings. The van der Waals surface area contributed by atoms with Gasteiger partial charge in [0, 0.05) is 43.7 Å². The van der Waals surface area contributed by atoms with Gasteiger partial charge in [-0.1, -0.05) is 77.6 Å². The van der Waals surface area contributed by atoms with E-state index in [4.69, 9.17) is 4.42 Å². The molecule has 3 heterocycles. The molecule has 0 aliphatic heterocycles. The van der Waals surface area contributed by atoms with E-state index in [0.717, 1.165) is 61.0 Å². The number of hydrogen-bond donors (Lipinski definition) is 0. The smallest absolute Gasteiger partial charge is 0.310 e. The Labute approximate surface area is 276 Å². The monoisotopic (exact) mass is 614 g/mol. The van der Waals surface area contributed by atoms with Gasteiger partial charge in [-0.15, -0.1) is 0 Å². The van der Waals surface area contributed by atoms with Gasteiger partial charge >= 0.3 is 6.07 Å². The predicted octanol–water partition coefficient (Wildman–Crippen LogP) is 11.8. The van der Waals surface area contributed by atoms with Crippen LogP contribution in [0.25, 0.3) is 92.9 Å². The van der Waals surface area contributed by atoms with E-state index in [1.54, 1.807) is 7.05 Å². The molecule has 48 heavy (non-hydrogen) atoms. The fourth-order valence-electron chi connectivity index (χ4n) is 7.56.